The summed E-state index contributed by atoms with van der Waals surface area (Å²) in [5.41, 5.74) is 0.440. The molecule has 0 unspecified atom stereocenters. The minimum atomic E-state index is -1.70. The lowest BCUT2D eigenvalue weighted by atomic mass is 9.98. The minimum Gasteiger partial charge on any atom is -0.446 e. The van der Waals surface area contributed by atoms with Crippen LogP contribution in [0.5, 0.6) is 0 Å². The van der Waals surface area contributed by atoms with Crippen molar-refractivity contribution >= 4 is 17.7 Å². The third-order valence-corrected chi connectivity index (χ3v) is 13.9. The number of hydrogen-bond donors (Lipinski definition) is 7. The Kier molecular flexibility index (Phi) is 39.3. The van der Waals surface area contributed by atoms with Crippen LogP contribution in [0.15, 0.2) is 24.5 Å². The van der Waals surface area contributed by atoms with Crippen LogP contribution in [-0.4, -0.2) is 105 Å². The maximum absolute atomic E-state index is 13.2. The highest BCUT2D eigenvalue weighted by atomic mass is 16.7. The molecule has 0 bridgehead atoms. The van der Waals surface area contributed by atoms with Gasteiger partial charge in [-0.2, -0.15) is 0 Å². The summed E-state index contributed by atoms with van der Waals surface area (Å²) in [6.07, 6.45) is 36.5. The molecule has 69 heavy (non-hydrogen) atoms. The van der Waals surface area contributed by atoms with Crippen LogP contribution in [0.1, 0.15) is 251 Å². The molecule has 402 valence electrons. The van der Waals surface area contributed by atoms with E-state index in [-0.39, 0.29) is 18.9 Å². The number of amides is 2. The number of unbranched alkanes of at least 4 members (excludes halogenated alkanes) is 33. The second kappa shape index (κ2) is 43.2. The lowest BCUT2D eigenvalue weighted by molar-refractivity contribution is -0.302. The molecule has 1 aromatic rings. The molecule has 0 aliphatic carbocycles. The Bertz CT molecular complexity index is 1330. The summed E-state index contributed by atoms with van der Waals surface area (Å²) in [6, 6.07) is 2.09. The number of aliphatic hydroxyl groups is 5. The van der Waals surface area contributed by atoms with Gasteiger partial charge in [0.15, 0.2) is 6.29 Å². The van der Waals surface area contributed by atoms with Crippen LogP contribution in [0.3, 0.4) is 0 Å². The van der Waals surface area contributed by atoms with Crippen LogP contribution in [0, 0.1) is 0 Å². The van der Waals surface area contributed by atoms with Gasteiger partial charge < -0.3 is 45.1 Å². The summed E-state index contributed by atoms with van der Waals surface area (Å²) < 4.78 is 16.8. The summed E-state index contributed by atoms with van der Waals surface area (Å²) in [5, 5.41) is 59.9. The zero-order valence-electron chi connectivity index (χ0n) is 43.7. The standard InChI is InChI=1S/C56H103N3O10/c1-3-5-7-9-11-13-15-17-18-19-20-21-22-23-24-25-26-27-29-31-33-35-37-39-50(61)59-47(51(62)48(60)38-36-34-32-30-28-16-14-12-10-8-6-4-2)44-67-55-54(65)53(64)52(63)49(69-55)45-68-56(66)58-46-40-42-57-43-41-46/h40-43,47-49,51-55,60,62-65H,3-39,44-45H2,1-2H3,(H,59,61)(H,57,58,66)/t47-,48+,49+,51-,52-,53-,54+,55-/m0/s1. The monoisotopic (exact) mass is 978 g/mol. The fourth-order valence-electron chi connectivity index (χ4n) is 9.35. The molecular formula is C56H103N3O10. The van der Waals surface area contributed by atoms with Gasteiger partial charge in [0.05, 0.1) is 18.8 Å². The third-order valence-electron chi connectivity index (χ3n) is 13.9. The van der Waals surface area contributed by atoms with E-state index in [0.29, 0.717) is 18.5 Å². The van der Waals surface area contributed by atoms with Gasteiger partial charge in [-0.25, -0.2) is 4.79 Å². The zero-order valence-corrected chi connectivity index (χ0v) is 43.7. The molecule has 8 atom stereocenters. The Morgan fingerprint density at radius 3 is 1.42 bits per heavy atom. The molecule has 0 radical (unpaired) electrons. The molecule has 2 rings (SSSR count). The number of ether oxygens (including phenoxy) is 3. The molecule has 0 spiro atoms. The lowest BCUT2D eigenvalue weighted by Gasteiger charge is -2.40. The van der Waals surface area contributed by atoms with E-state index >= 15 is 0 Å². The van der Waals surface area contributed by atoms with Gasteiger partial charge in [-0.3, -0.25) is 15.1 Å². The Labute approximate surface area is 419 Å². The minimum absolute atomic E-state index is 0.256. The van der Waals surface area contributed by atoms with Crippen molar-refractivity contribution < 1.29 is 49.3 Å². The first-order valence-electron chi connectivity index (χ1n) is 28.5. The maximum atomic E-state index is 13.2. The topological polar surface area (TPSA) is 200 Å². The number of nitrogens with one attached hydrogen (secondary N) is 2. The highest BCUT2D eigenvalue weighted by molar-refractivity contribution is 5.84. The fourth-order valence-corrected chi connectivity index (χ4v) is 9.35. The van der Waals surface area contributed by atoms with Gasteiger partial charge in [0, 0.05) is 24.5 Å². The number of carbonyl (C=O) groups is 2. The van der Waals surface area contributed by atoms with Crippen molar-refractivity contribution in [1.29, 1.82) is 0 Å². The Morgan fingerprint density at radius 1 is 0.580 bits per heavy atom. The second-order valence-corrected chi connectivity index (χ2v) is 20.2. The van der Waals surface area contributed by atoms with E-state index in [1.807, 2.05) is 0 Å². The van der Waals surface area contributed by atoms with Crippen molar-refractivity contribution in [2.45, 2.75) is 300 Å². The summed E-state index contributed by atoms with van der Waals surface area (Å²) >= 11 is 0. The molecule has 0 saturated carbocycles. The van der Waals surface area contributed by atoms with Crippen LogP contribution in [0.25, 0.3) is 0 Å². The van der Waals surface area contributed by atoms with Crippen molar-refractivity contribution in [3.8, 4) is 0 Å². The predicted octanol–water partition coefficient (Wildman–Crippen LogP) is 12.1. The number of hydrogen-bond acceptors (Lipinski definition) is 11. The van der Waals surface area contributed by atoms with Crippen LogP contribution in [0.4, 0.5) is 10.5 Å². The van der Waals surface area contributed by atoms with Crippen LogP contribution in [0.2, 0.25) is 0 Å². The van der Waals surface area contributed by atoms with E-state index in [1.54, 1.807) is 12.1 Å². The van der Waals surface area contributed by atoms with E-state index in [2.05, 4.69) is 29.5 Å². The zero-order chi connectivity index (χ0) is 50.0. The summed E-state index contributed by atoms with van der Waals surface area (Å²) in [5.74, 6) is -0.282. The Morgan fingerprint density at radius 2 is 0.986 bits per heavy atom. The second-order valence-electron chi connectivity index (χ2n) is 20.2. The molecule has 1 fully saturated rings. The quantitative estimate of drug-likeness (QED) is 0.0307. The highest BCUT2D eigenvalue weighted by Crippen LogP contribution is 2.24. The number of aliphatic hydroxyl groups excluding tert-OH is 5. The smallest absolute Gasteiger partial charge is 0.411 e. The molecule has 7 N–H and O–H groups in total. The molecule has 1 saturated heterocycles. The summed E-state index contributed by atoms with van der Waals surface area (Å²) in [7, 11) is 0. The van der Waals surface area contributed by atoms with Crippen LogP contribution in [-0.2, 0) is 19.0 Å². The predicted molar refractivity (Wildman–Crippen MR) is 278 cm³/mol. The van der Waals surface area contributed by atoms with E-state index in [4.69, 9.17) is 14.2 Å². The van der Waals surface area contributed by atoms with Gasteiger partial charge in [0.2, 0.25) is 5.91 Å². The van der Waals surface area contributed by atoms with Crippen molar-refractivity contribution in [2.75, 3.05) is 18.5 Å². The first kappa shape index (κ1) is 62.7. The lowest BCUT2D eigenvalue weighted by Crippen LogP contribution is -2.60. The van der Waals surface area contributed by atoms with Gasteiger partial charge >= 0.3 is 6.09 Å². The number of aromatic nitrogens is 1. The first-order chi connectivity index (χ1) is 33.7. The van der Waals surface area contributed by atoms with Crippen molar-refractivity contribution in [2.24, 2.45) is 0 Å². The number of anilines is 1. The average Bonchev–Trinajstić information content (AvgIpc) is 3.35. The largest absolute Gasteiger partial charge is 0.446 e. The van der Waals surface area contributed by atoms with Crippen molar-refractivity contribution in [3.63, 3.8) is 0 Å². The molecular weight excluding hydrogens is 875 g/mol. The van der Waals surface area contributed by atoms with Gasteiger partial charge in [0.25, 0.3) is 0 Å². The number of rotatable bonds is 46. The van der Waals surface area contributed by atoms with Crippen molar-refractivity contribution in [1.82, 2.24) is 10.3 Å². The molecule has 2 amide bonds. The number of pyridine rings is 1. The number of carbonyl (C=O) groups excluding carboxylic acids is 2. The van der Waals surface area contributed by atoms with E-state index in [9.17, 15) is 35.1 Å². The molecule has 1 aliphatic heterocycles. The number of nitrogens with zero attached hydrogens (tertiary/aromatic N) is 1. The SMILES string of the molecule is CCCCCCCCCCCCCCCCCCCCCCCCCC(=O)N[C@@H](CO[C@H]1O[C@H](COC(=O)Nc2ccncc2)[C@H](O)[C@H](O)[C@H]1O)[C@H](O)[C@H](O)CCCCCCCCCCCCCC. The highest BCUT2D eigenvalue weighted by Gasteiger charge is 2.45. The Balaban J connectivity index is 1.71. The van der Waals surface area contributed by atoms with Crippen LogP contribution < -0.4 is 10.6 Å². The molecule has 1 aliphatic rings. The van der Waals surface area contributed by atoms with E-state index in [1.165, 1.54) is 186 Å². The van der Waals surface area contributed by atoms with Crippen molar-refractivity contribution in [3.05, 3.63) is 24.5 Å². The molecule has 1 aromatic heterocycles. The normalized spacial score (nSPS) is 19.6. The first-order valence-corrected chi connectivity index (χ1v) is 28.5. The van der Waals surface area contributed by atoms with Crippen LogP contribution >= 0.6 is 0 Å². The molecule has 13 heteroatoms. The summed E-state index contributed by atoms with van der Waals surface area (Å²) in [6.45, 7) is 3.69. The third kappa shape index (κ3) is 32.3. The van der Waals surface area contributed by atoms with Gasteiger partial charge in [-0.15, -0.1) is 0 Å². The molecule has 0 aromatic carbocycles. The Hall–Kier alpha value is -2.39. The molecule has 2 heterocycles. The van der Waals surface area contributed by atoms with Gasteiger partial charge in [-0.1, -0.05) is 232 Å². The summed E-state index contributed by atoms with van der Waals surface area (Å²) in [4.78, 5) is 29.5. The van der Waals surface area contributed by atoms with Gasteiger partial charge in [-0.05, 0) is 25.0 Å². The van der Waals surface area contributed by atoms with Gasteiger partial charge in [0.1, 0.15) is 37.1 Å². The maximum Gasteiger partial charge on any atom is 0.411 e. The average molecular weight is 978 g/mol. The fraction of sp³-hybridized carbons (Fsp3) is 0.875. The van der Waals surface area contributed by atoms with E-state index in [0.717, 1.165) is 44.9 Å². The molecule has 13 nitrogen and oxygen atoms in total. The van der Waals surface area contributed by atoms with E-state index < -0.39 is 61.7 Å².